The van der Waals surface area contributed by atoms with Gasteiger partial charge in [-0.05, 0) is 24.7 Å². The molecule has 20 heavy (non-hydrogen) atoms. The summed E-state index contributed by atoms with van der Waals surface area (Å²) < 4.78 is 0. The van der Waals surface area contributed by atoms with E-state index in [2.05, 4.69) is 16.9 Å². The minimum atomic E-state index is 0.203. The summed E-state index contributed by atoms with van der Waals surface area (Å²) >= 11 is 5.97. The molecule has 3 rings (SSSR count). The molecule has 0 saturated carbocycles. The number of carbonyl (C=O) groups excluding carboxylic acids is 1. The van der Waals surface area contributed by atoms with Crippen LogP contribution in [0.15, 0.2) is 24.4 Å². The molecule has 1 aromatic heterocycles. The van der Waals surface area contributed by atoms with Crippen molar-refractivity contribution >= 4 is 28.4 Å². The molecule has 1 aromatic carbocycles. The molecule has 5 heteroatoms. The standard InChI is InChI=1S/C15H18ClN3O/c1-18-4-6-19(7-5-18)15(20)8-11-10-17-14-9-12(16)2-3-13(11)14/h2-3,9-10,17H,4-8H2,1H3. The minimum absolute atomic E-state index is 0.203. The summed E-state index contributed by atoms with van der Waals surface area (Å²) in [5.74, 6) is 0.203. The number of likely N-dealkylation sites (N-methyl/N-ethyl adjacent to an activating group) is 1. The molecule has 1 saturated heterocycles. The SMILES string of the molecule is CN1CCN(C(=O)Cc2c[nH]c3cc(Cl)ccc23)CC1. The molecule has 0 aliphatic carbocycles. The molecule has 1 aliphatic heterocycles. The van der Waals surface area contributed by atoms with E-state index in [0.29, 0.717) is 11.4 Å². The first-order chi connectivity index (χ1) is 9.63. The van der Waals surface area contributed by atoms with Gasteiger partial charge in [0, 0.05) is 48.3 Å². The molecule has 106 valence electrons. The molecule has 0 atom stereocenters. The molecule has 1 amide bonds. The Bertz CT molecular complexity index is 629. The number of amides is 1. The van der Waals surface area contributed by atoms with E-state index in [1.807, 2.05) is 29.3 Å². The van der Waals surface area contributed by atoms with Crippen LogP contribution in [0, 0.1) is 0 Å². The van der Waals surface area contributed by atoms with E-state index in [-0.39, 0.29) is 5.91 Å². The van der Waals surface area contributed by atoms with Gasteiger partial charge in [-0.3, -0.25) is 4.79 Å². The number of hydrogen-bond acceptors (Lipinski definition) is 2. The fourth-order valence-electron chi connectivity index (χ4n) is 2.64. The molecular formula is C15H18ClN3O. The zero-order chi connectivity index (χ0) is 14.1. The molecule has 0 spiro atoms. The van der Waals surface area contributed by atoms with Crippen LogP contribution in [0.1, 0.15) is 5.56 Å². The molecule has 0 bridgehead atoms. The highest BCUT2D eigenvalue weighted by atomic mass is 35.5. The Kier molecular flexibility index (Phi) is 3.68. The first kappa shape index (κ1) is 13.5. The number of nitrogens with zero attached hydrogens (tertiary/aromatic N) is 2. The average molecular weight is 292 g/mol. The van der Waals surface area contributed by atoms with E-state index in [1.165, 1.54) is 0 Å². The van der Waals surface area contributed by atoms with Gasteiger partial charge < -0.3 is 14.8 Å². The van der Waals surface area contributed by atoms with Gasteiger partial charge in [-0.1, -0.05) is 17.7 Å². The van der Waals surface area contributed by atoms with Gasteiger partial charge in [0.1, 0.15) is 0 Å². The van der Waals surface area contributed by atoms with Crippen LogP contribution in [0.4, 0.5) is 0 Å². The number of aromatic amines is 1. The highest BCUT2D eigenvalue weighted by Crippen LogP contribution is 2.22. The van der Waals surface area contributed by atoms with Gasteiger partial charge in [0.05, 0.1) is 6.42 Å². The van der Waals surface area contributed by atoms with E-state index >= 15 is 0 Å². The number of nitrogens with one attached hydrogen (secondary N) is 1. The number of fused-ring (bicyclic) bond motifs is 1. The Morgan fingerprint density at radius 2 is 2.05 bits per heavy atom. The maximum atomic E-state index is 12.4. The second-order valence-corrected chi connectivity index (χ2v) is 5.80. The number of piperazine rings is 1. The number of H-pyrrole nitrogens is 1. The summed E-state index contributed by atoms with van der Waals surface area (Å²) in [6.45, 7) is 3.55. The van der Waals surface area contributed by atoms with Crippen molar-refractivity contribution < 1.29 is 4.79 Å². The van der Waals surface area contributed by atoms with E-state index in [1.54, 1.807) is 0 Å². The summed E-state index contributed by atoms with van der Waals surface area (Å²) in [7, 11) is 2.09. The van der Waals surface area contributed by atoms with E-state index in [0.717, 1.165) is 42.6 Å². The normalized spacial score (nSPS) is 16.8. The van der Waals surface area contributed by atoms with E-state index in [9.17, 15) is 4.79 Å². The van der Waals surface area contributed by atoms with Gasteiger partial charge in [0.25, 0.3) is 0 Å². The average Bonchev–Trinajstić information content (AvgIpc) is 2.81. The molecule has 2 heterocycles. The summed E-state index contributed by atoms with van der Waals surface area (Å²) in [5, 5.41) is 1.79. The Balaban J connectivity index is 1.74. The lowest BCUT2D eigenvalue weighted by atomic mass is 10.1. The van der Waals surface area contributed by atoms with E-state index < -0.39 is 0 Å². The molecule has 1 aliphatic rings. The topological polar surface area (TPSA) is 39.3 Å². The Morgan fingerprint density at radius 3 is 2.80 bits per heavy atom. The number of carbonyl (C=O) groups is 1. The maximum Gasteiger partial charge on any atom is 0.227 e. The molecule has 1 N–H and O–H groups in total. The zero-order valence-corrected chi connectivity index (χ0v) is 12.3. The van der Waals surface area contributed by atoms with Crippen molar-refractivity contribution in [3.8, 4) is 0 Å². The van der Waals surface area contributed by atoms with Crippen LogP contribution in [0.3, 0.4) is 0 Å². The third kappa shape index (κ3) is 2.67. The van der Waals surface area contributed by atoms with Crippen LogP contribution in [0.5, 0.6) is 0 Å². The van der Waals surface area contributed by atoms with Crippen LogP contribution < -0.4 is 0 Å². The lowest BCUT2D eigenvalue weighted by Crippen LogP contribution is -2.47. The first-order valence-electron chi connectivity index (χ1n) is 6.85. The van der Waals surface area contributed by atoms with Crippen molar-refractivity contribution in [1.29, 1.82) is 0 Å². The number of halogens is 1. The monoisotopic (exact) mass is 291 g/mol. The van der Waals surface area contributed by atoms with Gasteiger partial charge in [-0.25, -0.2) is 0 Å². The Morgan fingerprint density at radius 1 is 1.30 bits per heavy atom. The lowest BCUT2D eigenvalue weighted by molar-refractivity contribution is -0.132. The second-order valence-electron chi connectivity index (χ2n) is 5.36. The molecule has 2 aromatic rings. The smallest absolute Gasteiger partial charge is 0.227 e. The van der Waals surface area contributed by atoms with Gasteiger partial charge in [-0.15, -0.1) is 0 Å². The lowest BCUT2D eigenvalue weighted by Gasteiger charge is -2.32. The highest BCUT2D eigenvalue weighted by molar-refractivity contribution is 6.31. The summed E-state index contributed by atoms with van der Waals surface area (Å²) in [6, 6.07) is 5.73. The summed E-state index contributed by atoms with van der Waals surface area (Å²) in [5.41, 5.74) is 2.03. The molecule has 0 radical (unpaired) electrons. The fraction of sp³-hybridized carbons (Fsp3) is 0.400. The number of aromatic nitrogens is 1. The first-order valence-corrected chi connectivity index (χ1v) is 7.23. The third-order valence-corrected chi connectivity index (χ3v) is 4.16. The van der Waals surface area contributed by atoms with E-state index in [4.69, 9.17) is 11.6 Å². The Hall–Kier alpha value is -1.52. The van der Waals surface area contributed by atoms with Gasteiger partial charge in [-0.2, -0.15) is 0 Å². The third-order valence-electron chi connectivity index (χ3n) is 3.93. The molecule has 0 unspecified atom stereocenters. The van der Waals surface area contributed by atoms with Crippen LogP contribution in [0.2, 0.25) is 5.02 Å². The van der Waals surface area contributed by atoms with Gasteiger partial charge in [0.15, 0.2) is 0 Å². The van der Waals surface area contributed by atoms with Crippen molar-refractivity contribution in [2.24, 2.45) is 0 Å². The van der Waals surface area contributed by atoms with Gasteiger partial charge >= 0.3 is 0 Å². The predicted octanol–water partition coefficient (Wildman–Crippen LogP) is 2.14. The number of benzene rings is 1. The van der Waals surface area contributed by atoms with Crippen molar-refractivity contribution in [3.05, 3.63) is 35.0 Å². The van der Waals surface area contributed by atoms with Crippen molar-refractivity contribution in [3.63, 3.8) is 0 Å². The zero-order valence-electron chi connectivity index (χ0n) is 11.5. The van der Waals surface area contributed by atoms with Crippen LogP contribution in [-0.2, 0) is 11.2 Å². The predicted molar refractivity (Wildman–Crippen MR) is 81.1 cm³/mol. The molecular weight excluding hydrogens is 274 g/mol. The van der Waals surface area contributed by atoms with Crippen molar-refractivity contribution in [2.45, 2.75) is 6.42 Å². The largest absolute Gasteiger partial charge is 0.361 e. The minimum Gasteiger partial charge on any atom is -0.361 e. The molecule has 1 fully saturated rings. The van der Waals surface area contributed by atoms with Crippen molar-refractivity contribution in [1.82, 2.24) is 14.8 Å². The van der Waals surface area contributed by atoms with Crippen LogP contribution >= 0.6 is 11.6 Å². The maximum absolute atomic E-state index is 12.4. The summed E-state index contributed by atoms with van der Waals surface area (Å²) in [6.07, 6.45) is 2.36. The second kappa shape index (κ2) is 5.46. The summed E-state index contributed by atoms with van der Waals surface area (Å²) in [4.78, 5) is 19.7. The Labute approximate surface area is 123 Å². The molecule has 4 nitrogen and oxygen atoms in total. The number of hydrogen-bond donors (Lipinski definition) is 1. The van der Waals surface area contributed by atoms with Gasteiger partial charge in [0.2, 0.25) is 5.91 Å². The number of rotatable bonds is 2. The quantitative estimate of drug-likeness (QED) is 0.921. The van der Waals surface area contributed by atoms with Crippen LogP contribution in [0.25, 0.3) is 10.9 Å². The van der Waals surface area contributed by atoms with Crippen LogP contribution in [-0.4, -0.2) is 53.9 Å². The van der Waals surface area contributed by atoms with Crippen molar-refractivity contribution in [2.75, 3.05) is 33.2 Å². The fourth-order valence-corrected chi connectivity index (χ4v) is 2.81. The highest BCUT2D eigenvalue weighted by Gasteiger charge is 2.20.